The Labute approximate surface area is 108 Å². The van der Waals surface area contributed by atoms with Crippen molar-refractivity contribution in [2.24, 2.45) is 5.92 Å². The molecule has 5 nitrogen and oxygen atoms in total. The Balaban J connectivity index is 2.64. The van der Waals surface area contributed by atoms with E-state index in [2.05, 4.69) is 0 Å². The van der Waals surface area contributed by atoms with Crippen molar-refractivity contribution >= 4 is 11.9 Å². The van der Waals surface area contributed by atoms with Crippen LogP contribution in [0.2, 0.25) is 0 Å². The standard InChI is InChI=1S/C13H23NO4/c1-5-11(15)10-8-14(6-7-17-9-10)12(16)18-13(2,3)4/h10H,5-9H2,1-4H3. The van der Waals surface area contributed by atoms with E-state index < -0.39 is 5.60 Å². The lowest BCUT2D eigenvalue weighted by Gasteiger charge is -2.27. The zero-order valence-corrected chi connectivity index (χ0v) is 11.7. The Morgan fingerprint density at radius 1 is 1.39 bits per heavy atom. The molecule has 0 aliphatic carbocycles. The molecule has 104 valence electrons. The van der Waals surface area contributed by atoms with Gasteiger partial charge in [-0.3, -0.25) is 4.79 Å². The summed E-state index contributed by atoms with van der Waals surface area (Å²) in [5, 5.41) is 0. The van der Waals surface area contributed by atoms with Crippen molar-refractivity contribution in [3.05, 3.63) is 0 Å². The first-order valence-corrected chi connectivity index (χ1v) is 6.42. The zero-order chi connectivity index (χ0) is 13.8. The molecule has 1 fully saturated rings. The molecule has 18 heavy (non-hydrogen) atoms. The van der Waals surface area contributed by atoms with Crippen molar-refractivity contribution < 1.29 is 19.1 Å². The van der Waals surface area contributed by atoms with Crippen LogP contribution in [0.5, 0.6) is 0 Å². The van der Waals surface area contributed by atoms with E-state index >= 15 is 0 Å². The maximum atomic E-state index is 12.0. The van der Waals surface area contributed by atoms with Crippen molar-refractivity contribution in [1.29, 1.82) is 0 Å². The van der Waals surface area contributed by atoms with Crippen LogP contribution >= 0.6 is 0 Å². The highest BCUT2D eigenvalue weighted by molar-refractivity contribution is 5.81. The van der Waals surface area contributed by atoms with E-state index in [0.717, 1.165) is 0 Å². The minimum Gasteiger partial charge on any atom is -0.444 e. The molecule has 5 heteroatoms. The molecular weight excluding hydrogens is 234 g/mol. The molecule has 0 aromatic rings. The van der Waals surface area contributed by atoms with Gasteiger partial charge in [0.15, 0.2) is 0 Å². The molecule has 0 aromatic carbocycles. The second kappa shape index (κ2) is 6.18. The fourth-order valence-electron chi connectivity index (χ4n) is 1.79. The van der Waals surface area contributed by atoms with E-state index in [-0.39, 0.29) is 17.8 Å². The number of carbonyl (C=O) groups excluding carboxylic acids is 2. The van der Waals surface area contributed by atoms with Crippen LogP contribution in [-0.2, 0) is 14.3 Å². The van der Waals surface area contributed by atoms with Gasteiger partial charge in [0, 0.05) is 19.5 Å². The van der Waals surface area contributed by atoms with E-state index in [0.29, 0.717) is 32.7 Å². The molecule has 1 atom stereocenters. The third kappa shape index (κ3) is 4.64. The molecule has 1 unspecified atom stereocenters. The molecule has 1 aliphatic heterocycles. The zero-order valence-electron chi connectivity index (χ0n) is 11.7. The quantitative estimate of drug-likeness (QED) is 0.757. The molecule has 0 spiro atoms. The van der Waals surface area contributed by atoms with E-state index in [1.54, 1.807) is 4.90 Å². The van der Waals surface area contributed by atoms with Crippen LogP contribution < -0.4 is 0 Å². The summed E-state index contributed by atoms with van der Waals surface area (Å²) < 4.78 is 10.7. The highest BCUT2D eigenvalue weighted by Gasteiger charge is 2.29. The second-order valence-corrected chi connectivity index (χ2v) is 5.52. The Bertz CT molecular complexity index is 309. The maximum Gasteiger partial charge on any atom is 0.410 e. The van der Waals surface area contributed by atoms with E-state index in [1.807, 2.05) is 27.7 Å². The smallest absolute Gasteiger partial charge is 0.410 e. The fourth-order valence-corrected chi connectivity index (χ4v) is 1.79. The number of Topliss-reactive ketones (excluding diaryl/α,β-unsaturated/α-hetero) is 1. The average molecular weight is 257 g/mol. The lowest BCUT2D eigenvalue weighted by Crippen LogP contribution is -2.41. The summed E-state index contributed by atoms with van der Waals surface area (Å²) >= 11 is 0. The minimum atomic E-state index is -0.519. The Morgan fingerprint density at radius 3 is 2.61 bits per heavy atom. The van der Waals surface area contributed by atoms with Gasteiger partial charge in [-0.2, -0.15) is 0 Å². The third-order valence-electron chi connectivity index (χ3n) is 2.72. The molecule has 1 amide bonds. The van der Waals surface area contributed by atoms with E-state index in [1.165, 1.54) is 0 Å². The van der Waals surface area contributed by atoms with E-state index in [4.69, 9.17) is 9.47 Å². The summed E-state index contributed by atoms with van der Waals surface area (Å²) in [6.07, 6.45) is 0.0952. The van der Waals surface area contributed by atoms with Crippen LogP contribution in [0, 0.1) is 5.92 Å². The first kappa shape index (κ1) is 15.0. The number of ether oxygens (including phenoxy) is 2. The van der Waals surface area contributed by atoms with Crippen molar-refractivity contribution in [3.63, 3.8) is 0 Å². The van der Waals surface area contributed by atoms with Crippen LogP contribution in [0.1, 0.15) is 34.1 Å². The van der Waals surface area contributed by atoms with Crippen LogP contribution in [0.15, 0.2) is 0 Å². The lowest BCUT2D eigenvalue weighted by atomic mass is 10.0. The van der Waals surface area contributed by atoms with Crippen molar-refractivity contribution in [1.82, 2.24) is 4.90 Å². The third-order valence-corrected chi connectivity index (χ3v) is 2.72. The predicted octanol–water partition coefficient (Wildman–Crippen LogP) is 1.85. The first-order valence-electron chi connectivity index (χ1n) is 6.42. The number of rotatable bonds is 2. The number of carbonyl (C=O) groups is 2. The van der Waals surface area contributed by atoms with Crippen molar-refractivity contribution in [2.75, 3.05) is 26.3 Å². The summed E-state index contributed by atoms with van der Waals surface area (Å²) in [5.74, 6) is -0.101. The molecular formula is C13H23NO4. The van der Waals surface area contributed by atoms with Crippen LogP contribution in [0.3, 0.4) is 0 Å². The highest BCUT2D eigenvalue weighted by Crippen LogP contribution is 2.14. The molecule has 0 saturated carbocycles. The van der Waals surface area contributed by atoms with Gasteiger partial charge < -0.3 is 14.4 Å². The van der Waals surface area contributed by atoms with Gasteiger partial charge in [-0.25, -0.2) is 4.79 Å². The summed E-state index contributed by atoms with van der Waals surface area (Å²) in [5.41, 5.74) is -0.519. The first-order chi connectivity index (χ1) is 8.33. The average Bonchev–Trinajstić information content (AvgIpc) is 2.51. The molecule has 1 aliphatic rings. The van der Waals surface area contributed by atoms with Crippen LogP contribution in [-0.4, -0.2) is 48.7 Å². The van der Waals surface area contributed by atoms with Gasteiger partial charge in [0.2, 0.25) is 0 Å². The lowest BCUT2D eigenvalue weighted by molar-refractivity contribution is -0.124. The van der Waals surface area contributed by atoms with Crippen molar-refractivity contribution in [3.8, 4) is 0 Å². The molecule has 0 N–H and O–H groups in total. The normalized spacial score (nSPS) is 21.3. The number of hydrogen-bond donors (Lipinski definition) is 0. The molecule has 1 heterocycles. The predicted molar refractivity (Wildman–Crippen MR) is 67.4 cm³/mol. The molecule has 0 aromatic heterocycles. The maximum absolute atomic E-state index is 12.0. The van der Waals surface area contributed by atoms with Crippen LogP contribution in [0.25, 0.3) is 0 Å². The summed E-state index contributed by atoms with van der Waals surface area (Å²) in [7, 11) is 0. The number of hydrogen-bond acceptors (Lipinski definition) is 4. The van der Waals surface area contributed by atoms with Gasteiger partial charge in [0.25, 0.3) is 0 Å². The van der Waals surface area contributed by atoms with Gasteiger partial charge in [0.05, 0.1) is 19.1 Å². The summed E-state index contributed by atoms with van der Waals surface area (Å²) in [4.78, 5) is 25.2. The van der Waals surface area contributed by atoms with Crippen LogP contribution in [0.4, 0.5) is 4.79 Å². The van der Waals surface area contributed by atoms with Gasteiger partial charge in [0.1, 0.15) is 11.4 Å². The van der Waals surface area contributed by atoms with Gasteiger partial charge in [-0.05, 0) is 20.8 Å². The largest absolute Gasteiger partial charge is 0.444 e. The van der Waals surface area contributed by atoms with Gasteiger partial charge in [-0.15, -0.1) is 0 Å². The highest BCUT2D eigenvalue weighted by atomic mass is 16.6. The molecule has 0 radical (unpaired) electrons. The van der Waals surface area contributed by atoms with E-state index in [9.17, 15) is 9.59 Å². The Morgan fingerprint density at radius 2 is 2.06 bits per heavy atom. The SMILES string of the molecule is CCC(=O)C1COCCN(C(=O)OC(C)(C)C)C1. The Hall–Kier alpha value is -1.10. The number of ketones is 1. The molecule has 1 rings (SSSR count). The topological polar surface area (TPSA) is 55.8 Å². The summed E-state index contributed by atoms with van der Waals surface area (Å²) in [6.45, 7) is 9.02. The fraction of sp³-hybridized carbons (Fsp3) is 0.846. The minimum absolute atomic E-state index is 0.130. The van der Waals surface area contributed by atoms with Crippen molar-refractivity contribution in [2.45, 2.75) is 39.7 Å². The second-order valence-electron chi connectivity index (χ2n) is 5.52. The number of nitrogens with zero attached hydrogens (tertiary/aromatic N) is 1. The van der Waals surface area contributed by atoms with Gasteiger partial charge >= 0.3 is 6.09 Å². The summed E-state index contributed by atoms with van der Waals surface area (Å²) in [6, 6.07) is 0. The molecule has 0 bridgehead atoms. The number of amides is 1. The Kier molecular flexibility index (Phi) is 5.14. The monoisotopic (exact) mass is 257 g/mol. The van der Waals surface area contributed by atoms with Gasteiger partial charge in [-0.1, -0.05) is 6.92 Å². The molecule has 1 saturated heterocycles.